The molecule has 0 atom stereocenters. The van der Waals surface area contributed by atoms with E-state index in [0.29, 0.717) is 0 Å². The van der Waals surface area contributed by atoms with E-state index in [-0.39, 0.29) is 0 Å². The molecule has 0 radical (unpaired) electrons. The van der Waals surface area contributed by atoms with E-state index in [1.54, 1.807) is 7.11 Å². The van der Waals surface area contributed by atoms with Crippen molar-refractivity contribution in [2.45, 2.75) is 19.9 Å². The maximum absolute atomic E-state index is 5.50. The first-order chi connectivity index (χ1) is 8.24. The number of fused-ring (bicyclic) bond motifs is 3. The summed E-state index contributed by atoms with van der Waals surface area (Å²) in [7, 11) is 3.88. The largest absolute Gasteiger partial charge is 0.495 e. The highest BCUT2D eigenvalue weighted by Gasteiger charge is 2.21. The van der Waals surface area contributed by atoms with Gasteiger partial charge in [-0.1, -0.05) is 6.07 Å². The Morgan fingerprint density at radius 1 is 1.35 bits per heavy atom. The predicted octanol–water partition coefficient (Wildman–Crippen LogP) is 2.14. The van der Waals surface area contributed by atoms with Gasteiger partial charge in [-0.3, -0.25) is 0 Å². The molecule has 2 heterocycles. The second-order valence-corrected chi connectivity index (χ2v) is 4.72. The first-order valence-corrected chi connectivity index (χ1v) is 6.08. The van der Waals surface area contributed by atoms with Crippen molar-refractivity contribution >= 4 is 10.9 Å². The Bertz CT molecular complexity index is 584. The molecule has 90 valence electrons. The summed E-state index contributed by atoms with van der Waals surface area (Å²) >= 11 is 0. The molecule has 0 aliphatic carbocycles. The monoisotopic (exact) mass is 230 g/mol. The topological polar surface area (TPSA) is 26.2 Å². The Hall–Kier alpha value is -1.48. The highest BCUT2D eigenvalue weighted by molar-refractivity contribution is 5.93. The van der Waals surface area contributed by atoms with Gasteiger partial charge in [0.2, 0.25) is 0 Å². The molecule has 1 N–H and O–H groups in total. The van der Waals surface area contributed by atoms with Crippen molar-refractivity contribution < 1.29 is 4.74 Å². The standard InChI is InChI=1S/C14H18N2O/c1-9-4-5-12(17-3)14-13(9)10-6-7-15-8-11(10)16(14)2/h4-5,15H,6-8H2,1-3H3. The van der Waals surface area contributed by atoms with Crippen molar-refractivity contribution in [3.63, 3.8) is 0 Å². The molecule has 0 spiro atoms. The first kappa shape index (κ1) is 10.7. The molecule has 1 aromatic carbocycles. The smallest absolute Gasteiger partial charge is 0.143 e. The second-order valence-electron chi connectivity index (χ2n) is 4.72. The molecule has 3 nitrogen and oxygen atoms in total. The fourth-order valence-corrected chi connectivity index (χ4v) is 2.95. The lowest BCUT2D eigenvalue weighted by molar-refractivity contribution is 0.417. The molecule has 1 aliphatic heterocycles. The zero-order chi connectivity index (χ0) is 12.0. The predicted molar refractivity (Wildman–Crippen MR) is 69.6 cm³/mol. The fraction of sp³-hybridized carbons (Fsp3) is 0.429. The Kier molecular flexibility index (Phi) is 2.37. The number of hydrogen-bond acceptors (Lipinski definition) is 2. The van der Waals surface area contributed by atoms with E-state index in [9.17, 15) is 0 Å². The number of aromatic nitrogens is 1. The molecule has 1 aromatic heterocycles. The van der Waals surface area contributed by atoms with Crippen LogP contribution < -0.4 is 10.1 Å². The summed E-state index contributed by atoms with van der Waals surface area (Å²) in [4.78, 5) is 0. The summed E-state index contributed by atoms with van der Waals surface area (Å²) in [5, 5.41) is 4.83. The zero-order valence-corrected chi connectivity index (χ0v) is 10.6. The van der Waals surface area contributed by atoms with Gasteiger partial charge < -0.3 is 14.6 Å². The van der Waals surface area contributed by atoms with Crippen LogP contribution in [-0.4, -0.2) is 18.2 Å². The highest BCUT2D eigenvalue weighted by atomic mass is 16.5. The van der Waals surface area contributed by atoms with Gasteiger partial charge in [-0.25, -0.2) is 0 Å². The van der Waals surface area contributed by atoms with Gasteiger partial charge in [0.25, 0.3) is 0 Å². The fourth-order valence-electron chi connectivity index (χ4n) is 2.95. The molecular formula is C14H18N2O. The van der Waals surface area contributed by atoms with Gasteiger partial charge in [0.15, 0.2) is 0 Å². The highest BCUT2D eigenvalue weighted by Crippen LogP contribution is 2.35. The van der Waals surface area contributed by atoms with Crippen LogP contribution in [0.4, 0.5) is 0 Å². The van der Waals surface area contributed by atoms with Crippen molar-refractivity contribution in [2.24, 2.45) is 7.05 Å². The average Bonchev–Trinajstić information content (AvgIpc) is 2.66. The molecule has 0 unspecified atom stereocenters. The third-order valence-electron chi connectivity index (χ3n) is 3.80. The quantitative estimate of drug-likeness (QED) is 0.812. The molecule has 17 heavy (non-hydrogen) atoms. The Morgan fingerprint density at radius 2 is 2.18 bits per heavy atom. The van der Waals surface area contributed by atoms with Crippen molar-refractivity contribution in [1.29, 1.82) is 0 Å². The minimum Gasteiger partial charge on any atom is -0.495 e. The number of benzene rings is 1. The number of methoxy groups -OCH3 is 1. The molecule has 2 aromatic rings. The third kappa shape index (κ3) is 1.39. The van der Waals surface area contributed by atoms with Crippen LogP contribution in [0.5, 0.6) is 5.75 Å². The summed E-state index contributed by atoms with van der Waals surface area (Å²) in [6.45, 7) is 4.22. The number of nitrogens with one attached hydrogen (secondary N) is 1. The Morgan fingerprint density at radius 3 is 2.94 bits per heavy atom. The van der Waals surface area contributed by atoms with Gasteiger partial charge in [-0.15, -0.1) is 0 Å². The van der Waals surface area contributed by atoms with E-state index in [4.69, 9.17) is 4.74 Å². The minimum absolute atomic E-state index is 0.961. The van der Waals surface area contributed by atoms with Crippen molar-refractivity contribution in [2.75, 3.05) is 13.7 Å². The van der Waals surface area contributed by atoms with E-state index in [1.807, 2.05) is 0 Å². The maximum Gasteiger partial charge on any atom is 0.143 e. The molecule has 3 heteroatoms. The van der Waals surface area contributed by atoms with Gasteiger partial charge in [0.1, 0.15) is 5.75 Å². The molecule has 0 amide bonds. The van der Waals surface area contributed by atoms with E-state index in [0.717, 1.165) is 25.3 Å². The zero-order valence-electron chi connectivity index (χ0n) is 10.6. The van der Waals surface area contributed by atoms with Gasteiger partial charge in [0, 0.05) is 24.7 Å². The molecular weight excluding hydrogens is 212 g/mol. The molecule has 0 saturated heterocycles. The summed E-state index contributed by atoms with van der Waals surface area (Å²) in [6.07, 6.45) is 1.11. The molecule has 0 saturated carbocycles. The average molecular weight is 230 g/mol. The number of rotatable bonds is 1. The maximum atomic E-state index is 5.50. The lowest BCUT2D eigenvalue weighted by Crippen LogP contribution is -2.24. The summed E-state index contributed by atoms with van der Waals surface area (Å²) < 4.78 is 7.78. The van der Waals surface area contributed by atoms with Gasteiger partial charge in [0.05, 0.1) is 12.6 Å². The van der Waals surface area contributed by atoms with Crippen molar-refractivity contribution in [3.8, 4) is 5.75 Å². The molecule has 0 bridgehead atoms. The SMILES string of the molecule is COc1ccc(C)c2c3c(n(C)c12)CNCC3. The van der Waals surface area contributed by atoms with Gasteiger partial charge in [-0.2, -0.15) is 0 Å². The first-order valence-electron chi connectivity index (χ1n) is 6.08. The number of ether oxygens (including phenoxy) is 1. The van der Waals surface area contributed by atoms with E-state index in [2.05, 4.69) is 36.0 Å². The lowest BCUT2D eigenvalue weighted by Gasteiger charge is -2.14. The van der Waals surface area contributed by atoms with Crippen LogP contribution in [0.15, 0.2) is 12.1 Å². The third-order valence-corrected chi connectivity index (χ3v) is 3.80. The second kappa shape index (κ2) is 3.77. The van der Waals surface area contributed by atoms with E-state index >= 15 is 0 Å². The van der Waals surface area contributed by atoms with Crippen LogP contribution in [0, 0.1) is 6.92 Å². The lowest BCUT2D eigenvalue weighted by atomic mass is 10.0. The summed E-state index contributed by atoms with van der Waals surface area (Å²) in [6, 6.07) is 4.22. The van der Waals surface area contributed by atoms with Crippen molar-refractivity contribution in [3.05, 3.63) is 29.0 Å². The van der Waals surface area contributed by atoms with Crippen LogP contribution in [0.3, 0.4) is 0 Å². The van der Waals surface area contributed by atoms with Crippen LogP contribution in [0.1, 0.15) is 16.8 Å². The summed E-state index contributed by atoms with van der Waals surface area (Å²) in [5.41, 5.74) is 5.48. The summed E-state index contributed by atoms with van der Waals surface area (Å²) in [5.74, 6) is 0.975. The van der Waals surface area contributed by atoms with E-state index < -0.39 is 0 Å². The molecule has 3 rings (SSSR count). The molecule has 0 fully saturated rings. The van der Waals surface area contributed by atoms with Crippen LogP contribution in [0.2, 0.25) is 0 Å². The van der Waals surface area contributed by atoms with E-state index in [1.165, 1.54) is 27.7 Å². The Labute approximate surface area is 101 Å². The normalized spacial score (nSPS) is 15.0. The van der Waals surface area contributed by atoms with Crippen LogP contribution >= 0.6 is 0 Å². The number of nitrogens with zero attached hydrogens (tertiary/aromatic N) is 1. The van der Waals surface area contributed by atoms with Crippen LogP contribution in [-0.2, 0) is 20.0 Å². The minimum atomic E-state index is 0.961. The molecule has 1 aliphatic rings. The Balaban J connectivity index is 2.44. The number of aryl methyl sites for hydroxylation is 2. The van der Waals surface area contributed by atoms with Crippen LogP contribution in [0.25, 0.3) is 10.9 Å². The number of hydrogen-bond donors (Lipinski definition) is 1. The van der Waals surface area contributed by atoms with Crippen molar-refractivity contribution in [1.82, 2.24) is 9.88 Å². The van der Waals surface area contributed by atoms with Gasteiger partial charge >= 0.3 is 0 Å². The van der Waals surface area contributed by atoms with Gasteiger partial charge in [-0.05, 0) is 37.1 Å².